The van der Waals surface area contributed by atoms with Crippen molar-refractivity contribution >= 4 is 11.9 Å². The first-order chi connectivity index (χ1) is 11.0. The van der Waals surface area contributed by atoms with Gasteiger partial charge in [0.25, 0.3) is 0 Å². The van der Waals surface area contributed by atoms with Crippen molar-refractivity contribution in [3.05, 3.63) is 25.3 Å². The Hall–Kier alpha value is -1.58. The van der Waals surface area contributed by atoms with Gasteiger partial charge in [0.05, 0.1) is 13.2 Å². The van der Waals surface area contributed by atoms with Gasteiger partial charge in [0.2, 0.25) is 0 Å². The SMILES string of the molecule is C=CC(=O)OCC(CC)CC.C=CC(=O)OCCCCCCC. The summed E-state index contributed by atoms with van der Waals surface area (Å²) in [6, 6.07) is 0. The Morgan fingerprint density at radius 2 is 1.39 bits per heavy atom. The van der Waals surface area contributed by atoms with Crippen molar-refractivity contribution in [3.8, 4) is 0 Å². The predicted octanol–water partition coefficient (Wildman–Crippen LogP) is 4.84. The molecule has 0 unspecified atom stereocenters. The van der Waals surface area contributed by atoms with Gasteiger partial charge in [0.15, 0.2) is 0 Å². The largest absolute Gasteiger partial charge is 0.463 e. The molecule has 0 amide bonds. The molecule has 0 heterocycles. The fourth-order valence-corrected chi connectivity index (χ4v) is 1.72. The molecule has 0 radical (unpaired) electrons. The number of carbonyl (C=O) groups is 2. The third-order valence-corrected chi connectivity index (χ3v) is 3.44. The Kier molecular flexibility index (Phi) is 19.0. The number of unbranched alkanes of at least 4 members (excludes halogenated alkanes) is 4. The van der Waals surface area contributed by atoms with Crippen molar-refractivity contribution < 1.29 is 19.1 Å². The van der Waals surface area contributed by atoms with Crippen LogP contribution < -0.4 is 0 Å². The molecule has 23 heavy (non-hydrogen) atoms. The van der Waals surface area contributed by atoms with Gasteiger partial charge in [-0.2, -0.15) is 0 Å². The van der Waals surface area contributed by atoms with Crippen LogP contribution in [-0.4, -0.2) is 25.2 Å². The molecule has 0 atom stereocenters. The van der Waals surface area contributed by atoms with Crippen molar-refractivity contribution in [1.82, 2.24) is 0 Å². The molecule has 0 aliphatic carbocycles. The van der Waals surface area contributed by atoms with E-state index in [1.54, 1.807) is 0 Å². The van der Waals surface area contributed by atoms with Crippen molar-refractivity contribution in [1.29, 1.82) is 0 Å². The van der Waals surface area contributed by atoms with E-state index in [4.69, 9.17) is 9.47 Å². The molecular formula is C19H34O4. The van der Waals surface area contributed by atoms with Gasteiger partial charge in [-0.3, -0.25) is 0 Å². The third kappa shape index (κ3) is 18.4. The number of rotatable bonds is 12. The first-order valence-electron chi connectivity index (χ1n) is 8.63. The molecule has 4 nitrogen and oxygen atoms in total. The molecule has 0 fully saturated rings. The molecule has 0 bridgehead atoms. The Labute approximate surface area is 141 Å². The van der Waals surface area contributed by atoms with Crippen LogP contribution in [0.3, 0.4) is 0 Å². The van der Waals surface area contributed by atoms with E-state index in [1.807, 2.05) is 0 Å². The highest BCUT2D eigenvalue weighted by Crippen LogP contribution is 2.07. The topological polar surface area (TPSA) is 52.6 Å². The zero-order chi connectivity index (χ0) is 17.9. The van der Waals surface area contributed by atoms with Gasteiger partial charge in [-0.1, -0.05) is 72.5 Å². The van der Waals surface area contributed by atoms with Gasteiger partial charge in [-0.15, -0.1) is 0 Å². The third-order valence-electron chi connectivity index (χ3n) is 3.44. The van der Waals surface area contributed by atoms with E-state index in [0.717, 1.165) is 25.7 Å². The molecule has 0 aromatic carbocycles. The minimum absolute atomic E-state index is 0.314. The maximum absolute atomic E-state index is 10.6. The monoisotopic (exact) mass is 326 g/mol. The summed E-state index contributed by atoms with van der Waals surface area (Å²) in [5.74, 6) is -0.138. The lowest BCUT2D eigenvalue weighted by Gasteiger charge is -2.10. The molecule has 134 valence electrons. The van der Waals surface area contributed by atoms with Gasteiger partial charge in [0, 0.05) is 12.2 Å². The fraction of sp³-hybridized carbons (Fsp3) is 0.684. The Bertz CT molecular complexity index is 319. The van der Waals surface area contributed by atoms with Crippen LogP contribution in [0.1, 0.15) is 65.7 Å². The smallest absolute Gasteiger partial charge is 0.330 e. The summed E-state index contributed by atoms with van der Waals surface area (Å²) >= 11 is 0. The lowest BCUT2D eigenvalue weighted by Crippen LogP contribution is -2.10. The summed E-state index contributed by atoms with van der Waals surface area (Å²) in [6.07, 6.45) is 10.4. The lowest BCUT2D eigenvalue weighted by molar-refractivity contribution is -0.139. The van der Waals surface area contributed by atoms with Gasteiger partial charge in [-0.05, 0) is 12.3 Å². The van der Waals surface area contributed by atoms with Gasteiger partial charge in [0.1, 0.15) is 0 Å². The number of esters is 2. The molecule has 0 rings (SSSR count). The summed E-state index contributed by atoms with van der Waals surface area (Å²) in [5.41, 5.74) is 0. The summed E-state index contributed by atoms with van der Waals surface area (Å²) in [7, 11) is 0. The van der Waals surface area contributed by atoms with E-state index in [1.165, 1.54) is 31.4 Å². The van der Waals surface area contributed by atoms with Crippen LogP contribution >= 0.6 is 0 Å². The van der Waals surface area contributed by atoms with Crippen molar-refractivity contribution in [3.63, 3.8) is 0 Å². The quantitative estimate of drug-likeness (QED) is 0.292. The second-order valence-corrected chi connectivity index (χ2v) is 5.30. The predicted molar refractivity (Wildman–Crippen MR) is 95.1 cm³/mol. The zero-order valence-corrected chi connectivity index (χ0v) is 15.1. The molecule has 0 aromatic rings. The van der Waals surface area contributed by atoms with Gasteiger partial charge >= 0.3 is 11.9 Å². The lowest BCUT2D eigenvalue weighted by atomic mass is 10.1. The summed E-state index contributed by atoms with van der Waals surface area (Å²) in [4.78, 5) is 21.2. The molecule has 0 saturated heterocycles. The highest BCUT2D eigenvalue weighted by Gasteiger charge is 2.04. The molecular weight excluding hydrogens is 292 g/mol. The normalized spacial score (nSPS) is 9.57. The maximum atomic E-state index is 10.6. The highest BCUT2D eigenvalue weighted by molar-refractivity contribution is 5.81. The van der Waals surface area contributed by atoms with E-state index in [-0.39, 0.29) is 11.9 Å². The fourth-order valence-electron chi connectivity index (χ4n) is 1.72. The van der Waals surface area contributed by atoms with E-state index in [9.17, 15) is 9.59 Å². The van der Waals surface area contributed by atoms with E-state index in [0.29, 0.717) is 19.1 Å². The van der Waals surface area contributed by atoms with Crippen LogP contribution in [0.25, 0.3) is 0 Å². The van der Waals surface area contributed by atoms with Crippen LogP contribution in [0.2, 0.25) is 0 Å². The van der Waals surface area contributed by atoms with Crippen molar-refractivity contribution in [2.45, 2.75) is 65.7 Å². The Balaban J connectivity index is 0. The maximum Gasteiger partial charge on any atom is 0.330 e. The summed E-state index contributed by atoms with van der Waals surface area (Å²) < 4.78 is 9.69. The molecule has 0 aliphatic rings. The number of carbonyl (C=O) groups excluding carboxylic acids is 2. The summed E-state index contributed by atoms with van der Waals surface area (Å²) in [6.45, 7) is 14.1. The molecule has 0 N–H and O–H groups in total. The number of hydrogen-bond acceptors (Lipinski definition) is 4. The average Bonchev–Trinajstić information content (AvgIpc) is 2.58. The zero-order valence-electron chi connectivity index (χ0n) is 15.1. The molecule has 4 heteroatoms. The Morgan fingerprint density at radius 1 is 0.870 bits per heavy atom. The van der Waals surface area contributed by atoms with E-state index in [2.05, 4.69) is 33.9 Å². The summed E-state index contributed by atoms with van der Waals surface area (Å²) in [5, 5.41) is 0. The van der Waals surface area contributed by atoms with E-state index >= 15 is 0 Å². The molecule has 0 aromatic heterocycles. The van der Waals surface area contributed by atoms with Gasteiger partial charge < -0.3 is 9.47 Å². The van der Waals surface area contributed by atoms with Crippen molar-refractivity contribution in [2.75, 3.05) is 13.2 Å². The number of ether oxygens (including phenoxy) is 2. The van der Waals surface area contributed by atoms with Crippen LogP contribution in [0.4, 0.5) is 0 Å². The number of hydrogen-bond donors (Lipinski definition) is 0. The van der Waals surface area contributed by atoms with Crippen molar-refractivity contribution in [2.24, 2.45) is 5.92 Å². The Morgan fingerprint density at radius 3 is 1.87 bits per heavy atom. The second kappa shape index (κ2) is 18.5. The van der Waals surface area contributed by atoms with Gasteiger partial charge in [-0.25, -0.2) is 9.59 Å². The van der Waals surface area contributed by atoms with Crippen LogP contribution in [0.15, 0.2) is 25.3 Å². The van der Waals surface area contributed by atoms with Crippen LogP contribution in [-0.2, 0) is 19.1 Å². The van der Waals surface area contributed by atoms with Crippen LogP contribution in [0, 0.1) is 5.92 Å². The second-order valence-electron chi connectivity index (χ2n) is 5.30. The van der Waals surface area contributed by atoms with Crippen LogP contribution in [0.5, 0.6) is 0 Å². The highest BCUT2D eigenvalue weighted by atomic mass is 16.5. The molecule has 0 saturated carbocycles. The standard InChI is InChI=1S/C10H18O2.C9H16O2/c1-3-5-6-7-8-9-12-10(11)4-2;1-4-8(5-2)7-11-9(10)6-3/h4H,2-3,5-9H2,1H3;6,8H,3-5,7H2,1-2H3. The van der Waals surface area contributed by atoms with E-state index < -0.39 is 0 Å². The molecule has 0 spiro atoms. The minimum atomic E-state index is -0.322. The first-order valence-corrected chi connectivity index (χ1v) is 8.63. The molecule has 0 aliphatic heterocycles. The average molecular weight is 326 g/mol. The minimum Gasteiger partial charge on any atom is -0.463 e. The first kappa shape index (κ1) is 23.7.